The fourth-order valence-electron chi connectivity index (χ4n) is 4.22. The molecule has 2 heterocycles. The Hall–Kier alpha value is -4.00. The van der Waals surface area contributed by atoms with Crippen LogP contribution in [0, 0.1) is 0 Å². The Balaban J connectivity index is 1.73. The first-order valence-electron chi connectivity index (χ1n) is 10.0. The van der Waals surface area contributed by atoms with Crippen LogP contribution in [0.25, 0.3) is 0 Å². The van der Waals surface area contributed by atoms with Crippen molar-refractivity contribution in [2.24, 2.45) is 0 Å². The van der Waals surface area contributed by atoms with E-state index >= 15 is 0 Å². The summed E-state index contributed by atoms with van der Waals surface area (Å²) >= 11 is 0. The zero-order chi connectivity index (χ0) is 21.6. The summed E-state index contributed by atoms with van der Waals surface area (Å²) in [6, 6.07) is 19.7. The Kier molecular flexibility index (Phi) is 4.32. The molecule has 156 valence electrons. The van der Waals surface area contributed by atoms with Crippen LogP contribution in [0.5, 0.6) is 11.5 Å². The lowest BCUT2D eigenvalue weighted by Crippen LogP contribution is -2.61. The number of hydrogen-bond donors (Lipinski definition) is 2. The zero-order valence-corrected chi connectivity index (χ0v) is 17.1. The van der Waals surface area contributed by atoms with Gasteiger partial charge in [-0.3, -0.25) is 14.5 Å². The third kappa shape index (κ3) is 2.73. The summed E-state index contributed by atoms with van der Waals surface area (Å²) in [7, 11) is 1.57. The lowest BCUT2D eigenvalue weighted by atomic mass is 9.92. The van der Waals surface area contributed by atoms with Gasteiger partial charge in [0.15, 0.2) is 0 Å². The van der Waals surface area contributed by atoms with E-state index in [-0.39, 0.29) is 11.8 Å². The van der Waals surface area contributed by atoms with Crippen LogP contribution >= 0.6 is 0 Å². The first kappa shape index (κ1) is 19.0. The summed E-state index contributed by atoms with van der Waals surface area (Å²) in [4.78, 5) is 28.7. The van der Waals surface area contributed by atoms with E-state index in [0.29, 0.717) is 46.3 Å². The number of anilines is 3. The Morgan fingerprint density at radius 1 is 0.935 bits per heavy atom. The van der Waals surface area contributed by atoms with Crippen molar-refractivity contribution in [1.29, 1.82) is 0 Å². The third-order valence-corrected chi connectivity index (χ3v) is 5.61. The van der Waals surface area contributed by atoms with Crippen LogP contribution < -0.4 is 25.0 Å². The highest BCUT2D eigenvalue weighted by molar-refractivity contribution is 6.22. The quantitative estimate of drug-likeness (QED) is 0.674. The van der Waals surface area contributed by atoms with Crippen molar-refractivity contribution in [3.63, 3.8) is 0 Å². The van der Waals surface area contributed by atoms with Gasteiger partial charge >= 0.3 is 0 Å². The highest BCUT2D eigenvalue weighted by Gasteiger charge is 2.57. The maximum absolute atomic E-state index is 13.7. The van der Waals surface area contributed by atoms with Crippen molar-refractivity contribution in [2.75, 3.05) is 29.3 Å². The molecule has 3 aromatic carbocycles. The molecule has 0 unspecified atom stereocenters. The van der Waals surface area contributed by atoms with Crippen molar-refractivity contribution in [3.8, 4) is 11.5 Å². The second kappa shape index (κ2) is 7.05. The standard InChI is InChI=1S/C24H21N3O4/c1-3-31-16-10-8-15(9-11-16)27-22(28)18-6-4-5-7-20(18)26-24(27)19-13-12-17(30-2)14-21(19)25-23(24)29/h4-14,26H,3H2,1-2H3,(H,25,29)/t24-/m0/s1. The molecule has 0 aliphatic carbocycles. The van der Waals surface area contributed by atoms with Crippen molar-refractivity contribution in [1.82, 2.24) is 0 Å². The second-order valence-electron chi connectivity index (χ2n) is 7.31. The largest absolute Gasteiger partial charge is 0.497 e. The van der Waals surface area contributed by atoms with E-state index in [0.717, 1.165) is 0 Å². The zero-order valence-electron chi connectivity index (χ0n) is 17.1. The molecule has 3 aromatic rings. The number of hydrogen-bond acceptors (Lipinski definition) is 5. The van der Waals surface area contributed by atoms with Crippen molar-refractivity contribution >= 4 is 28.9 Å². The normalized spacial score (nSPS) is 18.8. The summed E-state index contributed by atoms with van der Waals surface area (Å²) in [6.07, 6.45) is 0. The van der Waals surface area contributed by atoms with E-state index in [4.69, 9.17) is 9.47 Å². The van der Waals surface area contributed by atoms with Crippen LogP contribution in [0.4, 0.5) is 17.1 Å². The molecule has 0 saturated heterocycles. The SMILES string of the molecule is CCOc1ccc(N2C(=O)c3ccccc3N[C@]23C(=O)Nc2cc(OC)ccc23)cc1. The van der Waals surface area contributed by atoms with Gasteiger partial charge in [0.1, 0.15) is 11.5 Å². The maximum Gasteiger partial charge on any atom is 0.276 e. The van der Waals surface area contributed by atoms with Gasteiger partial charge in [0.05, 0.1) is 25.0 Å². The smallest absolute Gasteiger partial charge is 0.276 e. The van der Waals surface area contributed by atoms with E-state index in [9.17, 15) is 9.59 Å². The molecule has 0 fully saturated rings. The average molecular weight is 415 g/mol. The van der Waals surface area contributed by atoms with Gasteiger partial charge in [0, 0.05) is 23.0 Å². The minimum atomic E-state index is -1.43. The lowest BCUT2D eigenvalue weighted by Gasteiger charge is -2.44. The van der Waals surface area contributed by atoms with Crippen LogP contribution in [0.1, 0.15) is 22.8 Å². The predicted octanol–water partition coefficient (Wildman–Crippen LogP) is 3.97. The Bertz CT molecular complexity index is 1190. The molecule has 5 rings (SSSR count). The van der Waals surface area contributed by atoms with Gasteiger partial charge in [-0.05, 0) is 55.5 Å². The Morgan fingerprint density at radius 2 is 1.68 bits per heavy atom. The molecule has 2 aliphatic rings. The Labute approximate surface area is 179 Å². The summed E-state index contributed by atoms with van der Waals surface area (Å²) < 4.78 is 10.8. The molecule has 0 radical (unpaired) electrons. The number of nitrogens with zero attached hydrogens (tertiary/aromatic N) is 1. The molecular formula is C24H21N3O4. The molecule has 1 spiro atoms. The number of ether oxygens (including phenoxy) is 2. The van der Waals surface area contributed by atoms with E-state index < -0.39 is 5.66 Å². The summed E-state index contributed by atoms with van der Waals surface area (Å²) in [5, 5.41) is 6.27. The van der Waals surface area contributed by atoms with Gasteiger partial charge in [0.2, 0.25) is 5.66 Å². The van der Waals surface area contributed by atoms with Gasteiger partial charge in [-0.1, -0.05) is 12.1 Å². The number of carbonyl (C=O) groups is 2. The molecule has 2 amide bonds. The molecule has 7 heteroatoms. The summed E-state index contributed by atoms with van der Waals surface area (Å²) in [6.45, 7) is 2.45. The summed E-state index contributed by atoms with van der Waals surface area (Å²) in [5.74, 6) is 0.704. The van der Waals surface area contributed by atoms with E-state index in [2.05, 4.69) is 10.6 Å². The van der Waals surface area contributed by atoms with Crippen molar-refractivity contribution in [3.05, 3.63) is 77.9 Å². The monoisotopic (exact) mass is 415 g/mol. The minimum absolute atomic E-state index is 0.266. The van der Waals surface area contributed by atoms with Gasteiger partial charge in [0.25, 0.3) is 11.8 Å². The van der Waals surface area contributed by atoms with Crippen LogP contribution in [0.15, 0.2) is 66.7 Å². The molecule has 7 nitrogen and oxygen atoms in total. The number of nitrogens with one attached hydrogen (secondary N) is 2. The highest BCUT2D eigenvalue weighted by atomic mass is 16.5. The molecule has 2 aliphatic heterocycles. The molecule has 2 N–H and O–H groups in total. The molecule has 0 saturated carbocycles. The third-order valence-electron chi connectivity index (χ3n) is 5.61. The van der Waals surface area contributed by atoms with Gasteiger partial charge < -0.3 is 20.1 Å². The molecule has 0 aromatic heterocycles. The van der Waals surface area contributed by atoms with Gasteiger partial charge in [-0.2, -0.15) is 0 Å². The number of para-hydroxylation sites is 1. The van der Waals surface area contributed by atoms with Crippen molar-refractivity contribution < 1.29 is 19.1 Å². The van der Waals surface area contributed by atoms with Gasteiger partial charge in [-0.15, -0.1) is 0 Å². The lowest BCUT2D eigenvalue weighted by molar-refractivity contribution is -0.119. The summed E-state index contributed by atoms with van der Waals surface area (Å²) in [5.41, 5.74) is 1.50. The van der Waals surface area contributed by atoms with Gasteiger partial charge in [-0.25, -0.2) is 0 Å². The fourth-order valence-corrected chi connectivity index (χ4v) is 4.22. The van der Waals surface area contributed by atoms with Crippen LogP contribution in [0.2, 0.25) is 0 Å². The Morgan fingerprint density at radius 3 is 2.42 bits per heavy atom. The maximum atomic E-state index is 13.7. The number of methoxy groups -OCH3 is 1. The fraction of sp³-hybridized carbons (Fsp3) is 0.167. The average Bonchev–Trinajstić information content (AvgIpc) is 3.05. The van der Waals surface area contributed by atoms with Crippen molar-refractivity contribution in [2.45, 2.75) is 12.6 Å². The predicted molar refractivity (Wildman–Crippen MR) is 118 cm³/mol. The molecule has 1 atom stereocenters. The topological polar surface area (TPSA) is 79.9 Å². The van der Waals surface area contributed by atoms with E-state index in [1.807, 2.05) is 19.1 Å². The first-order chi connectivity index (χ1) is 15.1. The van der Waals surface area contributed by atoms with Crippen LogP contribution in [-0.4, -0.2) is 25.5 Å². The second-order valence-corrected chi connectivity index (χ2v) is 7.31. The van der Waals surface area contributed by atoms with E-state index in [1.165, 1.54) is 4.90 Å². The number of rotatable bonds is 4. The van der Waals surface area contributed by atoms with E-state index in [1.54, 1.807) is 61.7 Å². The molecule has 31 heavy (non-hydrogen) atoms. The van der Waals surface area contributed by atoms with Crippen LogP contribution in [0.3, 0.4) is 0 Å². The van der Waals surface area contributed by atoms with Crippen LogP contribution in [-0.2, 0) is 10.5 Å². The number of benzene rings is 3. The molecule has 0 bridgehead atoms. The molecular weight excluding hydrogens is 394 g/mol. The highest BCUT2D eigenvalue weighted by Crippen LogP contribution is 2.48. The minimum Gasteiger partial charge on any atom is -0.497 e. The number of fused-ring (bicyclic) bond motifs is 3. The first-order valence-corrected chi connectivity index (χ1v) is 10.0. The number of carbonyl (C=O) groups excluding carboxylic acids is 2. The number of amides is 2.